The van der Waals surface area contributed by atoms with E-state index in [2.05, 4.69) is 0 Å². The quantitative estimate of drug-likeness (QED) is 0.878. The summed E-state index contributed by atoms with van der Waals surface area (Å²) in [6, 6.07) is 7.91. The van der Waals surface area contributed by atoms with Gasteiger partial charge in [0.15, 0.2) is 0 Å². The van der Waals surface area contributed by atoms with Crippen molar-refractivity contribution in [3.05, 3.63) is 65.0 Å². The Balaban J connectivity index is 2.28. The third kappa shape index (κ3) is 3.52. The van der Waals surface area contributed by atoms with Crippen molar-refractivity contribution in [1.29, 1.82) is 0 Å². The lowest BCUT2D eigenvalue weighted by Gasteiger charge is -2.21. The van der Waals surface area contributed by atoms with Gasteiger partial charge >= 0.3 is 0 Å². The number of halogens is 3. The van der Waals surface area contributed by atoms with Crippen LogP contribution in [-0.4, -0.2) is 12.0 Å². The zero-order chi connectivity index (χ0) is 15.6. The van der Waals surface area contributed by atoms with Gasteiger partial charge in [-0.25, -0.2) is 13.2 Å². The van der Waals surface area contributed by atoms with E-state index >= 15 is 0 Å². The lowest BCUT2D eigenvalue weighted by atomic mass is 10.1. The van der Waals surface area contributed by atoms with Crippen LogP contribution in [0.1, 0.15) is 11.1 Å². The molecule has 6 heteroatoms. The largest absolute Gasteiger partial charge is 0.389 e. The molecule has 0 saturated carbocycles. The topological polar surface area (TPSA) is 29.3 Å². The third-order valence-corrected chi connectivity index (χ3v) is 3.25. The van der Waals surface area contributed by atoms with E-state index in [4.69, 9.17) is 18.0 Å². The van der Waals surface area contributed by atoms with E-state index in [0.717, 1.165) is 17.7 Å². The Bertz CT molecular complexity index is 648. The number of nitrogens with zero attached hydrogens (tertiary/aromatic N) is 1. The predicted octanol–water partition coefficient (Wildman–Crippen LogP) is 3.37. The first-order valence-corrected chi connectivity index (χ1v) is 6.53. The molecule has 0 aliphatic carbocycles. The Labute approximate surface area is 126 Å². The number of hydrogen-bond acceptors (Lipinski definition) is 2. The second kappa shape index (κ2) is 6.13. The van der Waals surface area contributed by atoms with Crippen LogP contribution in [-0.2, 0) is 6.54 Å². The molecule has 110 valence electrons. The molecule has 0 amide bonds. The van der Waals surface area contributed by atoms with Crippen molar-refractivity contribution in [3.63, 3.8) is 0 Å². The summed E-state index contributed by atoms with van der Waals surface area (Å²) < 4.78 is 40.9. The highest BCUT2D eigenvalue weighted by molar-refractivity contribution is 7.80. The molecular weight excluding hydrogens is 297 g/mol. The number of rotatable bonds is 4. The van der Waals surface area contributed by atoms with E-state index in [1.54, 1.807) is 19.2 Å². The maximum Gasteiger partial charge on any atom is 0.150 e. The summed E-state index contributed by atoms with van der Waals surface area (Å²) in [6.07, 6.45) is 0. The molecular formula is C15H13F3N2S. The summed E-state index contributed by atoms with van der Waals surface area (Å²) in [7, 11) is 1.55. The first-order valence-electron chi connectivity index (χ1n) is 6.13. The SMILES string of the molecule is CN(Cc1ccc(F)cc1)c1c(F)cc(C(N)=S)cc1F. The van der Waals surface area contributed by atoms with Crippen molar-refractivity contribution in [2.45, 2.75) is 6.54 Å². The summed E-state index contributed by atoms with van der Waals surface area (Å²) >= 11 is 4.70. The van der Waals surface area contributed by atoms with E-state index in [-0.39, 0.29) is 28.6 Å². The molecule has 2 N–H and O–H groups in total. The van der Waals surface area contributed by atoms with Gasteiger partial charge in [-0.1, -0.05) is 24.4 Å². The minimum absolute atomic E-state index is 0.0689. The summed E-state index contributed by atoms with van der Waals surface area (Å²) in [6.45, 7) is 0.237. The molecule has 0 aliphatic heterocycles. The third-order valence-electron chi connectivity index (χ3n) is 3.02. The Hall–Kier alpha value is -2.08. The minimum atomic E-state index is -0.748. The van der Waals surface area contributed by atoms with Crippen LogP contribution in [0.3, 0.4) is 0 Å². The molecule has 0 aliphatic rings. The van der Waals surface area contributed by atoms with Crippen LogP contribution in [0, 0.1) is 17.5 Å². The van der Waals surface area contributed by atoms with Gasteiger partial charge in [-0.3, -0.25) is 0 Å². The number of nitrogens with two attached hydrogens (primary N) is 1. The fourth-order valence-electron chi connectivity index (χ4n) is 2.02. The molecule has 0 fully saturated rings. The summed E-state index contributed by atoms with van der Waals surface area (Å²) in [5.41, 5.74) is 6.05. The molecule has 0 heterocycles. The van der Waals surface area contributed by atoms with Crippen molar-refractivity contribution in [2.24, 2.45) is 5.73 Å². The zero-order valence-electron chi connectivity index (χ0n) is 11.2. The fraction of sp³-hybridized carbons (Fsp3) is 0.133. The highest BCUT2D eigenvalue weighted by atomic mass is 32.1. The van der Waals surface area contributed by atoms with Gasteiger partial charge in [0.2, 0.25) is 0 Å². The van der Waals surface area contributed by atoms with Gasteiger partial charge < -0.3 is 10.6 Å². The Kier molecular flexibility index (Phi) is 4.47. The Morgan fingerprint density at radius 3 is 2.10 bits per heavy atom. The molecule has 0 saturated heterocycles. The second-order valence-corrected chi connectivity index (χ2v) is 5.08. The van der Waals surface area contributed by atoms with Gasteiger partial charge in [-0.15, -0.1) is 0 Å². The van der Waals surface area contributed by atoms with Gasteiger partial charge in [0.05, 0.1) is 0 Å². The van der Waals surface area contributed by atoms with E-state index in [0.29, 0.717) is 0 Å². The zero-order valence-corrected chi connectivity index (χ0v) is 12.1. The molecule has 2 aromatic carbocycles. The molecule has 0 aromatic heterocycles. The molecule has 0 spiro atoms. The maximum atomic E-state index is 14.0. The van der Waals surface area contributed by atoms with Crippen LogP contribution in [0.25, 0.3) is 0 Å². The Morgan fingerprint density at radius 1 is 1.10 bits per heavy atom. The highest BCUT2D eigenvalue weighted by Crippen LogP contribution is 2.25. The van der Waals surface area contributed by atoms with E-state index in [9.17, 15) is 13.2 Å². The molecule has 0 bridgehead atoms. The summed E-state index contributed by atoms with van der Waals surface area (Å²) in [5.74, 6) is -1.86. The number of thiocarbonyl (C=S) groups is 1. The number of benzene rings is 2. The first-order chi connectivity index (χ1) is 9.88. The van der Waals surface area contributed by atoms with Crippen LogP contribution in [0.5, 0.6) is 0 Å². The van der Waals surface area contributed by atoms with Gasteiger partial charge in [0.1, 0.15) is 28.1 Å². The summed E-state index contributed by atoms with van der Waals surface area (Å²) in [5, 5.41) is 0. The molecule has 0 atom stereocenters. The van der Waals surface area contributed by atoms with Crippen LogP contribution in [0.4, 0.5) is 18.9 Å². The lowest BCUT2D eigenvalue weighted by Crippen LogP contribution is -2.20. The van der Waals surface area contributed by atoms with Crippen LogP contribution >= 0.6 is 12.2 Å². The summed E-state index contributed by atoms with van der Waals surface area (Å²) in [4.78, 5) is 1.34. The average Bonchev–Trinajstić information content (AvgIpc) is 2.40. The van der Waals surface area contributed by atoms with Crippen molar-refractivity contribution in [3.8, 4) is 0 Å². The fourth-order valence-corrected chi connectivity index (χ4v) is 2.13. The first kappa shape index (κ1) is 15.3. The maximum absolute atomic E-state index is 14.0. The van der Waals surface area contributed by atoms with Crippen molar-refractivity contribution in [2.75, 3.05) is 11.9 Å². The molecule has 21 heavy (non-hydrogen) atoms. The van der Waals surface area contributed by atoms with E-state index in [1.807, 2.05) is 0 Å². The molecule has 2 nitrogen and oxygen atoms in total. The van der Waals surface area contributed by atoms with Crippen LogP contribution in [0.15, 0.2) is 36.4 Å². The number of hydrogen-bond donors (Lipinski definition) is 1. The number of anilines is 1. The van der Waals surface area contributed by atoms with Crippen molar-refractivity contribution in [1.82, 2.24) is 0 Å². The monoisotopic (exact) mass is 310 g/mol. The molecule has 2 aromatic rings. The average molecular weight is 310 g/mol. The van der Waals surface area contributed by atoms with Gasteiger partial charge in [0.25, 0.3) is 0 Å². The van der Waals surface area contributed by atoms with Gasteiger partial charge in [-0.2, -0.15) is 0 Å². The van der Waals surface area contributed by atoms with Crippen molar-refractivity contribution < 1.29 is 13.2 Å². The molecule has 0 radical (unpaired) electrons. The van der Waals surface area contributed by atoms with E-state index < -0.39 is 11.6 Å². The van der Waals surface area contributed by atoms with Crippen molar-refractivity contribution >= 4 is 22.9 Å². The van der Waals surface area contributed by atoms with Crippen LogP contribution in [0.2, 0.25) is 0 Å². The Morgan fingerprint density at radius 2 is 1.62 bits per heavy atom. The highest BCUT2D eigenvalue weighted by Gasteiger charge is 2.16. The predicted molar refractivity (Wildman–Crippen MR) is 80.8 cm³/mol. The molecule has 0 unspecified atom stereocenters. The molecule has 2 rings (SSSR count). The standard InChI is InChI=1S/C15H13F3N2S/c1-20(8-9-2-4-11(16)5-3-9)14-12(17)6-10(15(19)21)7-13(14)18/h2-7H,8H2,1H3,(H2,19,21). The van der Waals surface area contributed by atoms with E-state index in [1.165, 1.54) is 17.0 Å². The van der Waals surface area contributed by atoms with Gasteiger partial charge in [0, 0.05) is 19.2 Å². The minimum Gasteiger partial charge on any atom is -0.389 e. The van der Waals surface area contributed by atoms with Crippen LogP contribution < -0.4 is 10.6 Å². The lowest BCUT2D eigenvalue weighted by molar-refractivity contribution is 0.576. The normalized spacial score (nSPS) is 10.5. The smallest absolute Gasteiger partial charge is 0.150 e. The van der Waals surface area contributed by atoms with Gasteiger partial charge in [-0.05, 0) is 29.8 Å². The second-order valence-electron chi connectivity index (χ2n) is 4.64.